The van der Waals surface area contributed by atoms with Crippen molar-refractivity contribution in [1.82, 2.24) is 4.90 Å². The molecule has 0 amide bonds. The van der Waals surface area contributed by atoms with Crippen molar-refractivity contribution in [3.63, 3.8) is 0 Å². The Balaban J connectivity index is 2.28. The van der Waals surface area contributed by atoms with E-state index in [1.807, 2.05) is 13.1 Å². The SMILES string of the molecule is CN1CCc2oc3c([N+](=O)[O-])cccc3c2C1. The van der Waals surface area contributed by atoms with E-state index in [0.29, 0.717) is 5.58 Å². The quantitative estimate of drug-likeness (QED) is 0.559. The van der Waals surface area contributed by atoms with Gasteiger partial charge in [-0.2, -0.15) is 0 Å². The second-order valence-electron chi connectivity index (χ2n) is 4.40. The Morgan fingerprint density at radius 3 is 3.06 bits per heavy atom. The van der Waals surface area contributed by atoms with Gasteiger partial charge in [0.25, 0.3) is 0 Å². The fourth-order valence-corrected chi connectivity index (χ4v) is 2.37. The molecule has 17 heavy (non-hydrogen) atoms. The molecule has 0 unspecified atom stereocenters. The van der Waals surface area contributed by atoms with Gasteiger partial charge < -0.3 is 9.32 Å². The number of para-hydroxylation sites is 1. The zero-order valence-electron chi connectivity index (χ0n) is 9.47. The summed E-state index contributed by atoms with van der Waals surface area (Å²) in [7, 11) is 2.04. The second-order valence-corrected chi connectivity index (χ2v) is 4.40. The van der Waals surface area contributed by atoms with Crippen molar-refractivity contribution in [2.75, 3.05) is 13.6 Å². The molecule has 2 heterocycles. The van der Waals surface area contributed by atoms with Crippen LogP contribution < -0.4 is 0 Å². The van der Waals surface area contributed by atoms with Gasteiger partial charge in [0.1, 0.15) is 5.76 Å². The Kier molecular flexibility index (Phi) is 2.16. The standard InChI is InChI=1S/C12H12N2O3/c1-13-6-5-11-9(7-13)8-3-2-4-10(14(15)16)12(8)17-11/h2-4H,5-7H2,1H3. The lowest BCUT2D eigenvalue weighted by Crippen LogP contribution is -2.25. The lowest BCUT2D eigenvalue weighted by Gasteiger charge is -2.21. The lowest BCUT2D eigenvalue weighted by molar-refractivity contribution is -0.383. The number of fused-ring (bicyclic) bond motifs is 3. The van der Waals surface area contributed by atoms with Gasteiger partial charge in [0.05, 0.1) is 4.92 Å². The number of furan rings is 1. The average Bonchev–Trinajstić information content (AvgIpc) is 2.66. The Labute approximate surface area is 97.8 Å². The first-order valence-electron chi connectivity index (χ1n) is 5.53. The maximum atomic E-state index is 10.9. The predicted molar refractivity (Wildman–Crippen MR) is 62.9 cm³/mol. The van der Waals surface area contributed by atoms with Crippen molar-refractivity contribution in [3.05, 3.63) is 39.6 Å². The number of nitrogens with zero attached hydrogens (tertiary/aromatic N) is 2. The molecule has 0 spiro atoms. The zero-order chi connectivity index (χ0) is 12.0. The lowest BCUT2D eigenvalue weighted by atomic mass is 10.0. The summed E-state index contributed by atoms with van der Waals surface area (Å²) in [6.45, 7) is 1.73. The molecule has 0 aliphatic carbocycles. The van der Waals surface area contributed by atoms with Crippen molar-refractivity contribution >= 4 is 16.7 Å². The average molecular weight is 232 g/mol. The second kappa shape index (κ2) is 3.56. The van der Waals surface area contributed by atoms with E-state index in [2.05, 4.69) is 4.90 Å². The van der Waals surface area contributed by atoms with Gasteiger partial charge in [0.15, 0.2) is 0 Å². The van der Waals surface area contributed by atoms with E-state index in [1.165, 1.54) is 6.07 Å². The summed E-state index contributed by atoms with van der Waals surface area (Å²) < 4.78 is 5.66. The molecule has 0 saturated carbocycles. The van der Waals surface area contributed by atoms with Gasteiger partial charge >= 0.3 is 5.69 Å². The monoisotopic (exact) mass is 232 g/mol. The van der Waals surface area contributed by atoms with Gasteiger partial charge in [0.2, 0.25) is 5.58 Å². The molecular formula is C12H12N2O3. The minimum atomic E-state index is -0.388. The molecule has 5 heteroatoms. The number of nitro groups is 1. The summed E-state index contributed by atoms with van der Waals surface area (Å²) in [6, 6.07) is 5.09. The minimum Gasteiger partial charge on any atom is -0.453 e. The fraction of sp³-hybridized carbons (Fsp3) is 0.333. The van der Waals surface area contributed by atoms with Gasteiger partial charge in [-0.3, -0.25) is 10.1 Å². The van der Waals surface area contributed by atoms with Crippen LogP contribution in [0, 0.1) is 10.1 Å². The Bertz CT molecular complexity index is 603. The van der Waals surface area contributed by atoms with E-state index in [9.17, 15) is 10.1 Å². The van der Waals surface area contributed by atoms with Gasteiger partial charge in [0, 0.05) is 36.5 Å². The van der Waals surface area contributed by atoms with E-state index in [-0.39, 0.29) is 10.6 Å². The van der Waals surface area contributed by atoms with Crippen LogP contribution in [0.25, 0.3) is 11.0 Å². The summed E-state index contributed by atoms with van der Waals surface area (Å²) in [5.41, 5.74) is 1.56. The van der Waals surface area contributed by atoms with Crippen LogP contribution in [0.4, 0.5) is 5.69 Å². The molecule has 88 valence electrons. The molecular weight excluding hydrogens is 220 g/mol. The van der Waals surface area contributed by atoms with Crippen LogP contribution in [0.2, 0.25) is 0 Å². The molecule has 0 atom stereocenters. The van der Waals surface area contributed by atoms with Crippen molar-refractivity contribution < 1.29 is 9.34 Å². The molecule has 1 aliphatic heterocycles. The Morgan fingerprint density at radius 1 is 1.47 bits per heavy atom. The highest BCUT2D eigenvalue weighted by atomic mass is 16.6. The zero-order valence-corrected chi connectivity index (χ0v) is 9.47. The normalized spacial score (nSPS) is 16.1. The van der Waals surface area contributed by atoms with Crippen molar-refractivity contribution in [2.45, 2.75) is 13.0 Å². The summed E-state index contributed by atoms with van der Waals surface area (Å²) in [5.74, 6) is 0.896. The first kappa shape index (κ1) is 10.3. The molecule has 0 N–H and O–H groups in total. The number of nitro benzene ring substituents is 1. The third-order valence-electron chi connectivity index (χ3n) is 3.23. The van der Waals surface area contributed by atoms with Crippen molar-refractivity contribution in [1.29, 1.82) is 0 Å². The maximum Gasteiger partial charge on any atom is 0.312 e. The van der Waals surface area contributed by atoms with Crippen LogP contribution in [-0.2, 0) is 13.0 Å². The number of hydrogen-bond donors (Lipinski definition) is 0. The third kappa shape index (κ3) is 1.51. The summed E-state index contributed by atoms with van der Waals surface area (Å²) >= 11 is 0. The van der Waals surface area contributed by atoms with Crippen LogP contribution in [-0.4, -0.2) is 23.4 Å². The van der Waals surface area contributed by atoms with Gasteiger partial charge in [-0.05, 0) is 7.05 Å². The van der Waals surface area contributed by atoms with E-state index in [4.69, 9.17) is 4.42 Å². The van der Waals surface area contributed by atoms with Crippen molar-refractivity contribution in [3.8, 4) is 0 Å². The fourth-order valence-electron chi connectivity index (χ4n) is 2.37. The van der Waals surface area contributed by atoms with Crippen LogP contribution >= 0.6 is 0 Å². The molecule has 3 rings (SSSR count). The first-order valence-corrected chi connectivity index (χ1v) is 5.53. The summed E-state index contributed by atoms with van der Waals surface area (Å²) in [5, 5.41) is 11.8. The third-order valence-corrected chi connectivity index (χ3v) is 3.23. The molecule has 1 aromatic heterocycles. The smallest absolute Gasteiger partial charge is 0.312 e. The highest BCUT2D eigenvalue weighted by Gasteiger charge is 2.24. The minimum absolute atomic E-state index is 0.0551. The molecule has 1 aliphatic rings. The maximum absolute atomic E-state index is 10.9. The summed E-state index contributed by atoms with van der Waals surface area (Å²) in [6.07, 6.45) is 0.817. The largest absolute Gasteiger partial charge is 0.453 e. The molecule has 1 aromatic carbocycles. The van der Waals surface area contributed by atoms with E-state index >= 15 is 0 Å². The first-order chi connectivity index (χ1) is 8.16. The van der Waals surface area contributed by atoms with Crippen LogP contribution in [0.5, 0.6) is 0 Å². The van der Waals surface area contributed by atoms with Gasteiger partial charge in [-0.15, -0.1) is 0 Å². The number of likely N-dealkylation sites (N-methyl/N-ethyl adjacent to an activating group) is 1. The Hall–Kier alpha value is -1.88. The molecule has 0 radical (unpaired) electrons. The number of rotatable bonds is 1. The molecule has 0 fully saturated rings. The molecule has 2 aromatic rings. The number of non-ortho nitro benzene ring substituents is 1. The Morgan fingerprint density at radius 2 is 2.29 bits per heavy atom. The highest BCUT2D eigenvalue weighted by Crippen LogP contribution is 2.34. The van der Waals surface area contributed by atoms with Crippen LogP contribution in [0.1, 0.15) is 11.3 Å². The predicted octanol–water partition coefficient (Wildman–Crippen LogP) is 2.33. The van der Waals surface area contributed by atoms with Gasteiger partial charge in [-0.25, -0.2) is 0 Å². The van der Waals surface area contributed by atoms with Crippen LogP contribution in [0.15, 0.2) is 22.6 Å². The number of benzene rings is 1. The highest BCUT2D eigenvalue weighted by molar-refractivity contribution is 5.89. The van der Waals surface area contributed by atoms with E-state index in [0.717, 1.165) is 36.2 Å². The van der Waals surface area contributed by atoms with Crippen LogP contribution in [0.3, 0.4) is 0 Å². The topological polar surface area (TPSA) is 59.5 Å². The van der Waals surface area contributed by atoms with Crippen molar-refractivity contribution in [2.24, 2.45) is 0 Å². The molecule has 5 nitrogen and oxygen atoms in total. The number of hydrogen-bond acceptors (Lipinski definition) is 4. The van der Waals surface area contributed by atoms with Gasteiger partial charge in [-0.1, -0.05) is 12.1 Å². The molecule has 0 saturated heterocycles. The van der Waals surface area contributed by atoms with E-state index < -0.39 is 0 Å². The van der Waals surface area contributed by atoms with E-state index in [1.54, 1.807) is 6.07 Å². The molecule has 0 bridgehead atoms. The summed E-state index contributed by atoms with van der Waals surface area (Å²) in [4.78, 5) is 12.7.